The van der Waals surface area contributed by atoms with Gasteiger partial charge in [0.05, 0.1) is 5.69 Å². The zero-order chi connectivity index (χ0) is 18.6. The monoisotopic (exact) mass is 364 g/mol. The molecule has 1 aliphatic carbocycles. The summed E-state index contributed by atoms with van der Waals surface area (Å²) in [6.07, 6.45) is 6.26. The molecule has 3 aliphatic rings. The van der Waals surface area contributed by atoms with Crippen molar-refractivity contribution in [2.75, 3.05) is 29.9 Å². The standard InChI is InChI=1S/C22H28N4O/c1-14-7-8-15(2)19-18(14)22(13-23-19)9-11-26(12-10-22)21-24-17-6-4-3-5-16(17)20(27)25-21/h7-8,23H,3-6,9-13H2,1-2H3,(H,24,25,27). The first-order valence-electron chi connectivity index (χ1n) is 10.3. The van der Waals surface area contributed by atoms with Gasteiger partial charge in [-0.15, -0.1) is 0 Å². The maximum absolute atomic E-state index is 12.5. The molecule has 1 fully saturated rings. The molecule has 0 amide bonds. The Balaban J connectivity index is 1.42. The number of fused-ring (bicyclic) bond motifs is 3. The number of H-pyrrole nitrogens is 1. The molecule has 2 aromatic rings. The Morgan fingerprint density at radius 2 is 1.81 bits per heavy atom. The van der Waals surface area contributed by atoms with Crippen LogP contribution in [-0.2, 0) is 18.3 Å². The van der Waals surface area contributed by atoms with E-state index in [-0.39, 0.29) is 11.0 Å². The van der Waals surface area contributed by atoms with E-state index in [1.54, 1.807) is 0 Å². The number of aromatic amines is 1. The van der Waals surface area contributed by atoms with E-state index in [1.807, 2.05) is 0 Å². The van der Waals surface area contributed by atoms with Gasteiger partial charge in [-0.2, -0.15) is 0 Å². The van der Waals surface area contributed by atoms with Crippen molar-refractivity contribution in [3.05, 3.63) is 50.4 Å². The number of anilines is 2. The van der Waals surface area contributed by atoms with Crippen molar-refractivity contribution in [1.29, 1.82) is 0 Å². The van der Waals surface area contributed by atoms with E-state index in [9.17, 15) is 4.79 Å². The van der Waals surface area contributed by atoms with Crippen molar-refractivity contribution in [1.82, 2.24) is 9.97 Å². The SMILES string of the molecule is Cc1ccc(C)c2c1NCC21CCN(c2nc3c(c(=O)[nH]2)CCCC3)CC1. The molecule has 5 nitrogen and oxygen atoms in total. The average molecular weight is 364 g/mol. The number of rotatable bonds is 1. The first-order chi connectivity index (χ1) is 13.1. The molecule has 0 radical (unpaired) electrons. The first kappa shape index (κ1) is 16.8. The molecule has 1 aromatic carbocycles. The molecule has 1 aromatic heterocycles. The number of nitrogens with one attached hydrogen (secondary N) is 2. The van der Waals surface area contributed by atoms with Gasteiger partial charge in [0.2, 0.25) is 5.95 Å². The third kappa shape index (κ3) is 2.59. The van der Waals surface area contributed by atoms with Crippen LogP contribution in [0.4, 0.5) is 11.6 Å². The van der Waals surface area contributed by atoms with Crippen LogP contribution in [-0.4, -0.2) is 29.6 Å². The minimum absolute atomic E-state index is 0.0781. The number of aryl methyl sites for hydroxylation is 3. The maximum Gasteiger partial charge on any atom is 0.255 e. The van der Waals surface area contributed by atoms with Crippen LogP contribution in [0.1, 0.15) is 53.6 Å². The summed E-state index contributed by atoms with van der Waals surface area (Å²) in [5, 5.41) is 3.68. The molecule has 27 heavy (non-hydrogen) atoms. The third-order valence-corrected chi connectivity index (χ3v) is 6.95. The fourth-order valence-corrected chi connectivity index (χ4v) is 5.38. The summed E-state index contributed by atoms with van der Waals surface area (Å²) < 4.78 is 0. The number of nitrogens with zero attached hydrogens (tertiary/aromatic N) is 2. The molecule has 1 saturated heterocycles. The van der Waals surface area contributed by atoms with Gasteiger partial charge in [-0.1, -0.05) is 12.1 Å². The van der Waals surface area contributed by atoms with E-state index in [1.165, 1.54) is 22.4 Å². The summed E-state index contributed by atoms with van der Waals surface area (Å²) >= 11 is 0. The van der Waals surface area contributed by atoms with E-state index in [0.717, 1.165) is 75.4 Å². The molecule has 0 bridgehead atoms. The van der Waals surface area contributed by atoms with Gasteiger partial charge in [-0.25, -0.2) is 4.98 Å². The summed E-state index contributed by atoms with van der Waals surface area (Å²) in [6, 6.07) is 4.48. The smallest absolute Gasteiger partial charge is 0.255 e. The van der Waals surface area contributed by atoms with Crippen LogP contribution in [0.15, 0.2) is 16.9 Å². The van der Waals surface area contributed by atoms with Crippen molar-refractivity contribution in [3.8, 4) is 0 Å². The van der Waals surface area contributed by atoms with Crippen LogP contribution < -0.4 is 15.8 Å². The molecule has 0 unspecified atom stereocenters. The van der Waals surface area contributed by atoms with Crippen LogP contribution in [0, 0.1) is 13.8 Å². The minimum atomic E-state index is 0.0781. The molecule has 5 heteroatoms. The van der Waals surface area contributed by atoms with Crippen molar-refractivity contribution in [3.63, 3.8) is 0 Å². The van der Waals surface area contributed by atoms with E-state index >= 15 is 0 Å². The number of benzene rings is 1. The van der Waals surface area contributed by atoms with Crippen molar-refractivity contribution < 1.29 is 0 Å². The third-order valence-electron chi connectivity index (χ3n) is 6.95. The van der Waals surface area contributed by atoms with Gasteiger partial charge < -0.3 is 10.2 Å². The molecule has 2 aliphatic heterocycles. The molecule has 5 rings (SSSR count). The second kappa shape index (κ2) is 6.11. The normalized spacial score (nSPS) is 20.3. The van der Waals surface area contributed by atoms with Crippen LogP contribution >= 0.6 is 0 Å². The molecule has 0 atom stereocenters. The van der Waals surface area contributed by atoms with Gasteiger partial charge in [-0.3, -0.25) is 9.78 Å². The van der Waals surface area contributed by atoms with E-state index in [0.29, 0.717) is 0 Å². The van der Waals surface area contributed by atoms with E-state index in [4.69, 9.17) is 4.98 Å². The van der Waals surface area contributed by atoms with Gasteiger partial charge in [0, 0.05) is 36.3 Å². The Labute approximate surface area is 160 Å². The van der Waals surface area contributed by atoms with Crippen molar-refractivity contribution >= 4 is 11.6 Å². The van der Waals surface area contributed by atoms with Crippen LogP contribution in [0.2, 0.25) is 0 Å². The fraction of sp³-hybridized carbons (Fsp3) is 0.545. The number of piperidine rings is 1. The van der Waals surface area contributed by atoms with Gasteiger partial charge >= 0.3 is 0 Å². The topological polar surface area (TPSA) is 61.0 Å². The van der Waals surface area contributed by atoms with Crippen molar-refractivity contribution in [2.45, 2.75) is 57.8 Å². The molecule has 3 heterocycles. The quantitative estimate of drug-likeness (QED) is 0.816. The second-order valence-electron chi connectivity index (χ2n) is 8.59. The van der Waals surface area contributed by atoms with Crippen LogP contribution in [0.25, 0.3) is 0 Å². The van der Waals surface area contributed by atoms with Crippen LogP contribution in [0.3, 0.4) is 0 Å². The molecular weight excluding hydrogens is 336 g/mol. The molecule has 1 spiro atoms. The molecule has 2 N–H and O–H groups in total. The summed E-state index contributed by atoms with van der Waals surface area (Å²) in [5.41, 5.74) is 7.85. The molecule has 142 valence electrons. The number of hydrogen-bond acceptors (Lipinski definition) is 4. The summed E-state index contributed by atoms with van der Waals surface area (Å²) in [4.78, 5) is 22.7. The number of hydrogen-bond donors (Lipinski definition) is 2. The zero-order valence-corrected chi connectivity index (χ0v) is 16.3. The van der Waals surface area contributed by atoms with E-state index < -0.39 is 0 Å². The lowest BCUT2D eigenvalue weighted by molar-refractivity contribution is 0.358. The minimum Gasteiger partial charge on any atom is -0.384 e. The summed E-state index contributed by atoms with van der Waals surface area (Å²) in [6.45, 7) is 7.34. The Morgan fingerprint density at radius 1 is 1.07 bits per heavy atom. The van der Waals surface area contributed by atoms with E-state index in [2.05, 4.69) is 41.2 Å². The average Bonchev–Trinajstić information content (AvgIpc) is 3.05. The fourth-order valence-electron chi connectivity index (χ4n) is 5.38. The largest absolute Gasteiger partial charge is 0.384 e. The lowest BCUT2D eigenvalue weighted by Gasteiger charge is -2.40. The predicted molar refractivity (Wildman–Crippen MR) is 109 cm³/mol. The highest BCUT2D eigenvalue weighted by Crippen LogP contribution is 2.47. The number of aromatic nitrogens is 2. The highest BCUT2D eigenvalue weighted by molar-refractivity contribution is 5.67. The lowest BCUT2D eigenvalue weighted by Crippen LogP contribution is -2.45. The van der Waals surface area contributed by atoms with Gasteiger partial charge in [-0.05, 0) is 69.1 Å². The highest BCUT2D eigenvalue weighted by Gasteiger charge is 2.43. The summed E-state index contributed by atoms with van der Waals surface area (Å²) in [5.74, 6) is 0.780. The zero-order valence-electron chi connectivity index (χ0n) is 16.3. The maximum atomic E-state index is 12.5. The Bertz CT molecular complexity index is 954. The van der Waals surface area contributed by atoms with Gasteiger partial charge in [0.1, 0.15) is 0 Å². The van der Waals surface area contributed by atoms with Gasteiger partial charge in [0.15, 0.2) is 0 Å². The Morgan fingerprint density at radius 3 is 2.63 bits per heavy atom. The second-order valence-corrected chi connectivity index (χ2v) is 8.59. The predicted octanol–water partition coefficient (Wildman–Crippen LogP) is 3.23. The molecular formula is C22H28N4O. The van der Waals surface area contributed by atoms with Crippen molar-refractivity contribution in [2.24, 2.45) is 0 Å². The Hall–Kier alpha value is -2.30. The van der Waals surface area contributed by atoms with Crippen LogP contribution in [0.5, 0.6) is 0 Å². The Kier molecular flexibility index (Phi) is 3.81. The summed E-state index contributed by atoms with van der Waals surface area (Å²) in [7, 11) is 0. The van der Waals surface area contributed by atoms with Gasteiger partial charge in [0.25, 0.3) is 5.56 Å². The first-order valence-corrected chi connectivity index (χ1v) is 10.3. The highest BCUT2D eigenvalue weighted by atomic mass is 16.1. The molecule has 0 saturated carbocycles. The lowest BCUT2D eigenvalue weighted by atomic mass is 9.72.